The second-order valence-electron chi connectivity index (χ2n) is 5.00. The first-order valence-corrected chi connectivity index (χ1v) is 9.38. The second-order valence-corrected chi connectivity index (χ2v) is 7.92. The predicted octanol–water partition coefficient (Wildman–Crippen LogP) is 3.81. The lowest BCUT2D eigenvalue weighted by Gasteiger charge is -2.25. The molecule has 1 atom stereocenters. The van der Waals surface area contributed by atoms with Crippen molar-refractivity contribution in [2.45, 2.75) is 30.1 Å². The van der Waals surface area contributed by atoms with Crippen LogP contribution in [0.2, 0.25) is 0 Å². The van der Waals surface area contributed by atoms with Gasteiger partial charge in [0, 0.05) is 7.11 Å². The highest BCUT2D eigenvalue weighted by molar-refractivity contribution is 8.17. The van der Waals surface area contributed by atoms with E-state index in [1.807, 2.05) is 24.3 Å². The lowest BCUT2D eigenvalue weighted by Crippen LogP contribution is -2.24. The summed E-state index contributed by atoms with van der Waals surface area (Å²) in [6, 6.07) is 8.04. The van der Waals surface area contributed by atoms with Crippen LogP contribution < -0.4 is 4.74 Å². The average Bonchev–Trinajstić information content (AvgIpc) is 2.54. The van der Waals surface area contributed by atoms with Gasteiger partial charge in [0.05, 0.1) is 31.0 Å². The second kappa shape index (κ2) is 9.62. The topological polar surface area (TPSA) is 27.7 Å². The van der Waals surface area contributed by atoms with Crippen LogP contribution in [0.15, 0.2) is 24.3 Å². The number of benzene rings is 1. The fraction of sp³-hybridized carbons (Fsp3) is 0.625. The summed E-state index contributed by atoms with van der Waals surface area (Å²) >= 11 is 4.11. The normalized spacial score (nSPS) is 17.6. The molecule has 5 heteroatoms. The van der Waals surface area contributed by atoms with E-state index in [4.69, 9.17) is 14.2 Å². The van der Waals surface area contributed by atoms with Crippen molar-refractivity contribution in [3.8, 4) is 5.75 Å². The Balaban J connectivity index is 1.80. The van der Waals surface area contributed by atoms with Crippen LogP contribution in [0.4, 0.5) is 0 Å². The lowest BCUT2D eigenvalue weighted by atomic mass is 10.2. The molecule has 1 aliphatic heterocycles. The third-order valence-electron chi connectivity index (χ3n) is 3.35. The molecule has 0 bridgehead atoms. The van der Waals surface area contributed by atoms with Gasteiger partial charge in [-0.3, -0.25) is 0 Å². The molecule has 118 valence electrons. The van der Waals surface area contributed by atoms with Crippen LogP contribution in [0.1, 0.15) is 18.4 Å². The molecule has 1 fully saturated rings. The predicted molar refractivity (Wildman–Crippen MR) is 91.4 cm³/mol. The van der Waals surface area contributed by atoms with Crippen molar-refractivity contribution in [2.75, 3.05) is 32.3 Å². The van der Waals surface area contributed by atoms with Gasteiger partial charge in [0.15, 0.2) is 0 Å². The molecule has 1 aliphatic rings. The molecule has 2 rings (SSSR count). The van der Waals surface area contributed by atoms with Crippen molar-refractivity contribution >= 4 is 23.5 Å². The molecule has 0 aliphatic carbocycles. The van der Waals surface area contributed by atoms with Gasteiger partial charge in [-0.25, -0.2) is 0 Å². The molecule has 21 heavy (non-hydrogen) atoms. The minimum absolute atomic E-state index is 0.167. The van der Waals surface area contributed by atoms with Crippen LogP contribution in [-0.2, 0) is 16.1 Å². The summed E-state index contributed by atoms with van der Waals surface area (Å²) in [5.74, 6) is 3.42. The Labute approximate surface area is 136 Å². The fourth-order valence-corrected chi connectivity index (χ4v) is 5.19. The van der Waals surface area contributed by atoms with Gasteiger partial charge in [-0.05, 0) is 42.0 Å². The zero-order chi connectivity index (χ0) is 14.9. The Kier molecular flexibility index (Phi) is 7.78. The van der Waals surface area contributed by atoms with E-state index < -0.39 is 0 Å². The van der Waals surface area contributed by atoms with Crippen LogP contribution in [0.25, 0.3) is 0 Å². The molecule has 1 aromatic carbocycles. The first kappa shape index (κ1) is 17.0. The van der Waals surface area contributed by atoms with Crippen molar-refractivity contribution in [1.82, 2.24) is 0 Å². The Bertz CT molecular complexity index is 391. The highest BCUT2D eigenvalue weighted by atomic mass is 32.2. The Morgan fingerprint density at radius 2 is 1.86 bits per heavy atom. The molecule has 0 aromatic heterocycles. The van der Waals surface area contributed by atoms with Crippen LogP contribution in [-0.4, -0.2) is 43.0 Å². The number of thioether (sulfide) groups is 2. The van der Waals surface area contributed by atoms with E-state index in [-0.39, 0.29) is 6.10 Å². The first-order valence-electron chi connectivity index (χ1n) is 7.28. The summed E-state index contributed by atoms with van der Waals surface area (Å²) in [6.45, 7) is 1.29. The van der Waals surface area contributed by atoms with E-state index in [1.165, 1.54) is 23.5 Å². The largest absolute Gasteiger partial charge is 0.497 e. The quantitative estimate of drug-likeness (QED) is 0.723. The number of hydrogen-bond acceptors (Lipinski definition) is 5. The molecular weight excluding hydrogens is 304 g/mol. The summed E-state index contributed by atoms with van der Waals surface area (Å²) in [5, 5.41) is 0. The molecule has 3 nitrogen and oxygen atoms in total. The third-order valence-corrected chi connectivity index (χ3v) is 6.34. The Hall–Kier alpha value is -0.360. The summed E-state index contributed by atoms with van der Waals surface area (Å²) in [7, 11) is 3.42. The van der Waals surface area contributed by atoms with Gasteiger partial charge in [-0.15, -0.1) is 23.5 Å². The average molecular weight is 328 g/mol. The monoisotopic (exact) mass is 328 g/mol. The minimum Gasteiger partial charge on any atom is -0.497 e. The summed E-state index contributed by atoms with van der Waals surface area (Å²) < 4.78 is 17.2. The highest BCUT2D eigenvalue weighted by Gasteiger charge is 2.20. The minimum atomic E-state index is 0.167. The Morgan fingerprint density at radius 3 is 2.48 bits per heavy atom. The maximum absolute atomic E-state index is 6.05. The fourth-order valence-electron chi connectivity index (χ4n) is 2.19. The summed E-state index contributed by atoms with van der Waals surface area (Å²) in [6.07, 6.45) is 2.55. The molecule has 1 aromatic rings. The van der Waals surface area contributed by atoms with Gasteiger partial charge < -0.3 is 14.2 Å². The van der Waals surface area contributed by atoms with Crippen LogP contribution in [0, 0.1) is 0 Å². The van der Waals surface area contributed by atoms with Crippen LogP contribution in [0.5, 0.6) is 5.75 Å². The van der Waals surface area contributed by atoms with E-state index in [0.717, 1.165) is 12.2 Å². The molecule has 0 N–H and O–H groups in total. The maximum Gasteiger partial charge on any atom is 0.118 e. The van der Waals surface area contributed by atoms with E-state index in [2.05, 4.69) is 23.5 Å². The van der Waals surface area contributed by atoms with Crippen molar-refractivity contribution < 1.29 is 14.2 Å². The van der Waals surface area contributed by atoms with Crippen molar-refractivity contribution in [2.24, 2.45) is 0 Å². The molecule has 0 amide bonds. The standard InChI is InChI=1S/C16H24O3S2/c1-17-12-15(10-16-20-8-3-9-21-16)19-11-13-4-6-14(18-2)7-5-13/h4-7,15-16H,3,8-12H2,1-2H3/t15-/m1/s1. The first-order chi connectivity index (χ1) is 10.3. The Morgan fingerprint density at radius 1 is 1.14 bits per heavy atom. The molecule has 0 radical (unpaired) electrons. The van der Waals surface area contributed by atoms with Gasteiger partial charge in [0.2, 0.25) is 0 Å². The number of ether oxygens (including phenoxy) is 3. The third kappa shape index (κ3) is 6.10. The zero-order valence-corrected chi connectivity index (χ0v) is 14.4. The van der Waals surface area contributed by atoms with Crippen LogP contribution >= 0.6 is 23.5 Å². The van der Waals surface area contributed by atoms with E-state index >= 15 is 0 Å². The van der Waals surface area contributed by atoms with E-state index in [9.17, 15) is 0 Å². The van der Waals surface area contributed by atoms with E-state index in [1.54, 1.807) is 14.2 Å². The van der Waals surface area contributed by atoms with Gasteiger partial charge in [0.25, 0.3) is 0 Å². The smallest absolute Gasteiger partial charge is 0.118 e. The van der Waals surface area contributed by atoms with E-state index in [0.29, 0.717) is 17.8 Å². The summed E-state index contributed by atoms with van der Waals surface area (Å²) in [4.78, 5) is 0. The van der Waals surface area contributed by atoms with Crippen molar-refractivity contribution in [1.29, 1.82) is 0 Å². The molecule has 0 unspecified atom stereocenters. The molecule has 1 saturated heterocycles. The number of hydrogen-bond donors (Lipinski definition) is 0. The zero-order valence-electron chi connectivity index (χ0n) is 12.7. The number of methoxy groups -OCH3 is 2. The van der Waals surface area contributed by atoms with Crippen molar-refractivity contribution in [3.05, 3.63) is 29.8 Å². The van der Waals surface area contributed by atoms with Gasteiger partial charge in [-0.2, -0.15) is 0 Å². The highest BCUT2D eigenvalue weighted by Crippen LogP contribution is 2.34. The van der Waals surface area contributed by atoms with Crippen molar-refractivity contribution in [3.63, 3.8) is 0 Å². The van der Waals surface area contributed by atoms with Gasteiger partial charge in [0.1, 0.15) is 5.75 Å². The maximum atomic E-state index is 6.05. The molecule has 0 spiro atoms. The molecular formula is C16H24O3S2. The molecule has 1 heterocycles. The SMILES string of the molecule is COC[C@@H](CC1SCCCS1)OCc1ccc(OC)cc1. The molecule has 0 saturated carbocycles. The lowest BCUT2D eigenvalue weighted by molar-refractivity contribution is -0.0131. The number of rotatable bonds is 8. The van der Waals surface area contributed by atoms with Crippen LogP contribution in [0.3, 0.4) is 0 Å². The van der Waals surface area contributed by atoms with Gasteiger partial charge >= 0.3 is 0 Å². The van der Waals surface area contributed by atoms with Gasteiger partial charge in [-0.1, -0.05) is 12.1 Å². The summed E-state index contributed by atoms with van der Waals surface area (Å²) in [5.41, 5.74) is 1.17.